The van der Waals surface area contributed by atoms with Gasteiger partial charge in [-0.05, 0) is 18.8 Å². The maximum absolute atomic E-state index is 11.6. The van der Waals surface area contributed by atoms with Crippen molar-refractivity contribution in [3.05, 3.63) is 0 Å². The summed E-state index contributed by atoms with van der Waals surface area (Å²) in [4.78, 5) is 22.6. The number of aliphatic carboxylic acids is 1. The summed E-state index contributed by atoms with van der Waals surface area (Å²) in [7, 11) is 1.56. The molecule has 18 heavy (non-hydrogen) atoms. The van der Waals surface area contributed by atoms with Gasteiger partial charge in [-0.15, -0.1) is 0 Å². The molecule has 6 heteroatoms. The van der Waals surface area contributed by atoms with Crippen molar-refractivity contribution in [1.82, 2.24) is 10.6 Å². The van der Waals surface area contributed by atoms with Crippen molar-refractivity contribution in [2.75, 3.05) is 13.7 Å². The Labute approximate surface area is 108 Å². The first-order chi connectivity index (χ1) is 8.40. The van der Waals surface area contributed by atoms with Crippen molar-refractivity contribution in [1.29, 1.82) is 0 Å². The van der Waals surface area contributed by atoms with Gasteiger partial charge in [-0.25, -0.2) is 9.59 Å². The van der Waals surface area contributed by atoms with Gasteiger partial charge in [0, 0.05) is 7.11 Å². The van der Waals surface area contributed by atoms with Gasteiger partial charge in [0.2, 0.25) is 0 Å². The summed E-state index contributed by atoms with van der Waals surface area (Å²) >= 11 is 0. The summed E-state index contributed by atoms with van der Waals surface area (Å²) in [5.74, 6) is -0.814. The van der Waals surface area contributed by atoms with Gasteiger partial charge in [-0.1, -0.05) is 20.8 Å². The fraction of sp³-hybridized carbons (Fsp3) is 0.833. The second-order valence-electron chi connectivity index (χ2n) is 4.70. The molecule has 2 atom stereocenters. The molecule has 0 bridgehead atoms. The van der Waals surface area contributed by atoms with Crippen molar-refractivity contribution >= 4 is 12.0 Å². The third-order valence-electron chi connectivity index (χ3n) is 2.51. The van der Waals surface area contributed by atoms with E-state index in [-0.39, 0.29) is 12.0 Å². The van der Waals surface area contributed by atoms with E-state index in [4.69, 9.17) is 9.84 Å². The Morgan fingerprint density at radius 3 is 2.28 bits per heavy atom. The minimum atomic E-state index is -1.02. The van der Waals surface area contributed by atoms with Crippen LogP contribution < -0.4 is 10.6 Å². The van der Waals surface area contributed by atoms with E-state index in [2.05, 4.69) is 10.6 Å². The number of carbonyl (C=O) groups is 2. The summed E-state index contributed by atoms with van der Waals surface area (Å²) < 4.78 is 4.95. The van der Waals surface area contributed by atoms with Crippen LogP contribution >= 0.6 is 0 Å². The SMILES string of the molecule is CCC(COC)NC(=O)N[C@@H](CC(C)C)C(=O)O. The van der Waals surface area contributed by atoms with E-state index >= 15 is 0 Å². The lowest BCUT2D eigenvalue weighted by atomic mass is 10.0. The molecule has 0 aromatic rings. The molecule has 0 aromatic heterocycles. The smallest absolute Gasteiger partial charge is 0.326 e. The number of rotatable bonds is 8. The third kappa shape index (κ3) is 7.11. The van der Waals surface area contributed by atoms with Crippen LogP contribution in [0.25, 0.3) is 0 Å². The molecule has 0 aliphatic carbocycles. The minimum absolute atomic E-state index is 0.108. The molecule has 0 fully saturated rings. The highest BCUT2D eigenvalue weighted by molar-refractivity contribution is 5.82. The average Bonchev–Trinajstić information content (AvgIpc) is 2.26. The molecule has 0 spiro atoms. The number of urea groups is 1. The molecule has 2 amide bonds. The van der Waals surface area contributed by atoms with E-state index in [0.717, 1.165) is 6.42 Å². The summed E-state index contributed by atoms with van der Waals surface area (Å²) in [6.07, 6.45) is 1.13. The summed E-state index contributed by atoms with van der Waals surface area (Å²) in [6, 6.07) is -1.43. The van der Waals surface area contributed by atoms with Crippen LogP contribution in [0.1, 0.15) is 33.6 Å². The van der Waals surface area contributed by atoms with Gasteiger partial charge in [0.1, 0.15) is 6.04 Å². The first kappa shape index (κ1) is 16.7. The molecule has 0 aromatic carbocycles. The van der Waals surface area contributed by atoms with Crippen LogP contribution in [0, 0.1) is 5.92 Å². The first-order valence-corrected chi connectivity index (χ1v) is 6.19. The zero-order valence-corrected chi connectivity index (χ0v) is 11.5. The van der Waals surface area contributed by atoms with E-state index in [9.17, 15) is 9.59 Å². The van der Waals surface area contributed by atoms with Gasteiger partial charge in [0.25, 0.3) is 0 Å². The largest absolute Gasteiger partial charge is 0.480 e. The van der Waals surface area contributed by atoms with E-state index < -0.39 is 18.0 Å². The van der Waals surface area contributed by atoms with Crippen molar-refractivity contribution in [2.45, 2.75) is 45.7 Å². The van der Waals surface area contributed by atoms with E-state index in [1.807, 2.05) is 20.8 Å². The lowest BCUT2D eigenvalue weighted by Crippen LogP contribution is -2.50. The molecule has 0 rings (SSSR count). The van der Waals surface area contributed by atoms with Gasteiger partial charge in [-0.3, -0.25) is 0 Å². The fourth-order valence-electron chi connectivity index (χ4n) is 1.54. The predicted octanol–water partition coefficient (Wildman–Crippen LogP) is 1.21. The van der Waals surface area contributed by atoms with Crippen LogP contribution in [-0.2, 0) is 9.53 Å². The Morgan fingerprint density at radius 1 is 1.28 bits per heavy atom. The summed E-state index contributed by atoms with van der Waals surface area (Å²) in [5.41, 5.74) is 0. The topological polar surface area (TPSA) is 87.7 Å². The van der Waals surface area contributed by atoms with Crippen molar-refractivity contribution < 1.29 is 19.4 Å². The van der Waals surface area contributed by atoms with Crippen LogP contribution in [0.2, 0.25) is 0 Å². The molecule has 3 N–H and O–H groups in total. The molecule has 1 unspecified atom stereocenters. The maximum Gasteiger partial charge on any atom is 0.326 e. The molecule has 0 saturated heterocycles. The third-order valence-corrected chi connectivity index (χ3v) is 2.51. The minimum Gasteiger partial charge on any atom is -0.480 e. The Hall–Kier alpha value is -1.30. The van der Waals surface area contributed by atoms with Gasteiger partial charge >= 0.3 is 12.0 Å². The molecule has 0 saturated carbocycles. The van der Waals surface area contributed by atoms with Gasteiger partial charge in [-0.2, -0.15) is 0 Å². The van der Waals surface area contributed by atoms with Gasteiger partial charge in [0.15, 0.2) is 0 Å². The second kappa shape index (κ2) is 8.74. The number of hydrogen-bond acceptors (Lipinski definition) is 3. The molecular weight excluding hydrogens is 236 g/mol. The van der Waals surface area contributed by atoms with Gasteiger partial charge in [0.05, 0.1) is 12.6 Å². The van der Waals surface area contributed by atoms with Crippen LogP contribution in [0.15, 0.2) is 0 Å². The number of ether oxygens (including phenoxy) is 1. The summed E-state index contributed by atoms with van der Waals surface area (Å²) in [5, 5.41) is 14.2. The number of amides is 2. The molecule has 0 heterocycles. The van der Waals surface area contributed by atoms with Crippen LogP contribution in [0.3, 0.4) is 0 Å². The quantitative estimate of drug-likeness (QED) is 0.612. The highest BCUT2D eigenvalue weighted by atomic mass is 16.5. The molecule has 0 aliphatic rings. The van der Waals surface area contributed by atoms with Crippen molar-refractivity contribution in [2.24, 2.45) is 5.92 Å². The van der Waals surface area contributed by atoms with E-state index in [1.165, 1.54) is 0 Å². The monoisotopic (exact) mass is 260 g/mol. The Bertz CT molecular complexity index is 269. The fourth-order valence-corrected chi connectivity index (χ4v) is 1.54. The Kier molecular flexibility index (Phi) is 8.11. The van der Waals surface area contributed by atoms with Crippen LogP contribution in [0.5, 0.6) is 0 Å². The van der Waals surface area contributed by atoms with Crippen molar-refractivity contribution in [3.8, 4) is 0 Å². The standard InChI is InChI=1S/C12H24N2O4/c1-5-9(7-18-4)13-12(17)14-10(11(15)16)6-8(2)3/h8-10H,5-7H2,1-4H3,(H,15,16)(H2,13,14,17)/t9?,10-/m0/s1. The number of carbonyl (C=O) groups excluding carboxylic acids is 1. The average molecular weight is 260 g/mol. The first-order valence-electron chi connectivity index (χ1n) is 6.19. The lowest BCUT2D eigenvalue weighted by Gasteiger charge is -2.20. The maximum atomic E-state index is 11.6. The Balaban J connectivity index is 4.28. The molecule has 106 valence electrons. The lowest BCUT2D eigenvalue weighted by molar-refractivity contribution is -0.139. The van der Waals surface area contributed by atoms with Crippen LogP contribution in [-0.4, -0.2) is 42.9 Å². The van der Waals surface area contributed by atoms with Crippen LogP contribution in [0.4, 0.5) is 4.79 Å². The van der Waals surface area contributed by atoms with E-state index in [0.29, 0.717) is 13.0 Å². The molecular formula is C12H24N2O4. The van der Waals surface area contributed by atoms with Crippen molar-refractivity contribution in [3.63, 3.8) is 0 Å². The zero-order valence-electron chi connectivity index (χ0n) is 11.5. The van der Waals surface area contributed by atoms with E-state index in [1.54, 1.807) is 7.11 Å². The predicted molar refractivity (Wildman–Crippen MR) is 68.5 cm³/mol. The number of carboxylic acids is 1. The van der Waals surface area contributed by atoms with Gasteiger partial charge < -0.3 is 20.5 Å². The normalized spacial score (nSPS) is 14.1. The molecule has 0 aliphatic heterocycles. The zero-order chi connectivity index (χ0) is 14.1. The molecule has 0 radical (unpaired) electrons. The highest BCUT2D eigenvalue weighted by Gasteiger charge is 2.21. The second-order valence-corrected chi connectivity index (χ2v) is 4.70. The summed E-state index contributed by atoms with van der Waals surface area (Å²) in [6.45, 7) is 6.16. The molecule has 6 nitrogen and oxygen atoms in total. The number of methoxy groups -OCH3 is 1. The number of nitrogens with one attached hydrogen (secondary N) is 2. The Morgan fingerprint density at radius 2 is 1.89 bits per heavy atom. The number of carboxylic acid groups (broad SMARTS) is 1. The highest BCUT2D eigenvalue weighted by Crippen LogP contribution is 2.05. The number of hydrogen-bond donors (Lipinski definition) is 3.